The van der Waals surface area contributed by atoms with Gasteiger partial charge in [-0.1, -0.05) is 23.7 Å². The van der Waals surface area contributed by atoms with Gasteiger partial charge in [-0.05, 0) is 36.6 Å². The van der Waals surface area contributed by atoms with Crippen molar-refractivity contribution >= 4 is 33.7 Å². The first kappa shape index (κ1) is 15.0. The Morgan fingerprint density at radius 3 is 2.45 bits per heavy atom. The van der Waals surface area contributed by atoms with Crippen LogP contribution in [0.15, 0.2) is 29.7 Å². The molecular formula is C13H14ClNO4S. The SMILES string of the molecule is O=C(O)CN(C1CC1)S(=O)(=O)C=Cc1ccc(Cl)cc1. The van der Waals surface area contributed by atoms with Gasteiger partial charge in [0.1, 0.15) is 6.54 Å². The largest absolute Gasteiger partial charge is 0.480 e. The summed E-state index contributed by atoms with van der Waals surface area (Å²) in [4.78, 5) is 10.8. The Morgan fingerprint density at radius 1 is 1.35 bits per heavy atom. The molecule has 20 heavy (non-hydrogen) atoms. The van der Waals surface area contributed by atoms with Gasteiger partial charge in [-0.15, -0.1) is 0 Å². The minimum Gasteiger partial charge on any atom is -0.480 e. The summed E-state index contributed by atoms with van der Waals surface area (Å²) >= 11 is 5.74. The number of rotatable bonds is 6. The van der Waals surface area contributed by atoms with Crippen LogP contribution in [0, 0.1) is 0 Å². The minimum atomic E-state index is -3.72. The molecule has 108 valence electrons. The van der Waals surface area contributed by atoms with Crippen molar-refractivity contribution < 1.29 is 18.3 Å². The maximum Gasteiger partial charge on any atom is 0.318 e. The summed E-state index contributed by atoms with van der Waals surface area (Å²) in [5.41, 5.74) is 0.684. The molecule has 0 unspecified atom stereocenters. The van der Waals surface area contributed by atoms with Crippen LogP contribution in [0.4, 0.5) is 0 Å². The number of carboxylic acid groups (broad SMARTS) is 1. The summed E-state index contributed by atoms with van der Waals surface area (Å²) in [6, 6.07) is 6.50. The first-order valence-corrected chi connectivity index (χ1v) is 7.94. The molecule has 0 atom stereocenters. The monoisotopic (exact) mass is 315 g/mol. The maximum absolute atomic E-state index is 12.1. The second-order valence-corrected chi connectivity index (χ2v) is 6.78. The average molecular weight is 316 g/mol. The van der Waals surface area contributed by atoms with Crippen LogP contribution in [-0.4, -0.2) is 36.4 Å². The number of halogens is 1. The first-order chi connectivity index (χ1) is 9.38. The molecule has 1 aliphatic carbocycles. The highest BCUT2D eigenvalue weighted by atomic mass is 35.5. The van der Waals surface area contributed by atoms with Gasteiger partial charge in [0.2, 0.25) is 10.0 Å². The number of hydrogen-bond donors (Lipinski definition) is 1. The van der Waals surface area contributed by atoms with Crippen LogP contribution >= 0.6 is 11.6 Å². The fourth-order valence-corrected chi connectivity index (χ4v) is 3.27. The van der Waals surface area contributed by atoms with Crippen LogP contribution in [0.25, 0.3) is 6.08 Å². The van der Waals surface area contributed by atoms with Gasteiger partial charge in [0, 0.05) is 16.5 Å². The quantitative estimate of drug-likeness (QED) is 0.873. The lowest BCUT2D eigenvalue weighted by Crippen LogP contribution is -2.36. The third-order valence-electron chi connectivity index (χ3n) is 2.87. The van der Waals surface area contributed by atoms with E-state index in [0.717, 1.165) is 9.71 Å². The van der Waals surface area contributed by atoms with Crippen LogP contribution in [0.2, 0.25) is 5.02 Å². The summed E-state index contributed by atoms with van der Waals surface area (Å²) in [7, 11) is -3.72. The van der Waals surface area contributed by atoms with Crippen molar-refractivity contribution in [2.24, 2.45) is 0 Å². The number of hydrogen-bond acceptors (Lipinski definition) is 3. The van der Waals surface area contributed by atoms with Crippen molar-refractivity contribution in [1.82, 2.24) is 4.31 Å². The lowest BCUT2D eigenvalue weighted by Gasteiger charge is -2.17. The van der Waals surface area contributed by atoms with Gasteiger partial charge >= 0.3 is 5.97 Å². The van der Waals surface area contributed by atoms with Crippen molar-refractivity contribution in [3.05, 3.63) is 40.3 Å². The zero-order valence-corrected chi connectivity index (χ0v) is 12.1. The highest BCUT2D eigenvalue weighted by molar-refractivity contribution is 7.92. The summed E-state index contributed by atoms with van der Waals surface area (Å²) in [5.74, 6) is -1.15. The predicted octanol–water partition coefficient (Wildman–Crippen LogP) is 2.19. The molecule has 0 aromatic heterocycles. The maximum atomic E-state index is 12.1. The molecule has 2 rings (SSSR count). The molecule has 1 aliphatic rings. The van der Waals surface area contributed by atoms with E-state index in [4.69, 9.17) is 16.7 Å². The number of sulfonamides is 1. The fourth-order valence-electron chi connectivity index (χ4n) is 1.74. The van der Waals surface area contributed by atoms with Crippen LogP contribution in [0.3, 0.4) is 0 Å². The average Bonchev–Trinajstić information content (AvgIpc) is 3.19. The lowest BCUT2D eigenvalue weighted by molar-refractivity contribution is -0.137. The van der Waals surface area contributed by atoms with Crippen molar-refractivity contribution in [3.8, 4) is 0 Å². The number of aliphatic carboxylic acids is 1. The van der Waals surface area contributed by atoms with Crippen LogP contribution < -0.4 is 0 Å². The Labute approximate surface area is 122 Å². The molecule has 0 saturated heterocycles. The van der Waals surface area contributed by atoms with Crippen LogP contribution in [0.5, 0.6) is 0 Å². The number of carbonyl (C=O) groups is 1. The Kier molecular flexibility index (Phi) is 4.47. The van der Waals surface area contributed by atoms with E-state index in [1.807, 2.05) is 0 Å². The Balaban J connectivity index is 2.16. The highest BCUT2D eigenvalue weighted by Gasteiger charge is 2.37. The van der Waals surface area contributed by atoms with Crippen LogP contribution in [0.1, 0.15) is 18.4 Å². The third-order valence-corrected chi connectivity index (χ3v) is 4.69. The standard InChI is InChI=1S/C13H14ClNO4S/c14-11-3-1-10(2-4-11)7-8-20(18,19)15(9-13(16)17)12-5-6-12/h1-4,7-8,12H,5-6,9H2,(H,16,17). The smallest absolute Gasteiger partial charge is 0.318 e. The van der Waals surface area contributed by atoms with E-state index in [2.05, 4.69) is 0 Å². The van der Waals surface area contributed by atoms with Gasteiger partial charge < -0.3 is 5.11 Å². The van der Waals surface area contributed by atoms with Gasteiger partial charge in [0.15, 0.2) is 0 Å². The van der Waals surface area contributed by atoms with E-state index in [9.17, 15) is 13.2 Å². The summed E-state index contributed by atoms with van der Waals surface area (Å²) in [5, 5.41) is 10.4. The molecule has 1 aromatic carbocycles. The summed E-state index contributed by atoms with van der Waals surface area (Å²) in [6.07, 6.45) is 2.85. The second-order valence-electron chi connectivity index (χ2n) is 4.57. The van der Waals surface area contributed by atoms with Gasteiger partial charge in [-0.3, -0.25) is 4.79 Å². The molecule has 0 amide bonds. The Morgan fingerprint density at radius 2 is 1.95 bits per heavy atom. The molecule has 0 aliphatic heterocycles. The van der Waals surface area contributed by atoms with E-state index < -0.39 is 22.5 Å². The summed E-state index contributed by atoms with van der Waals surface area (Å²) in [6.45, 7) is -0.502. The number of benzene rings is 1. The van der Waals surface area contributed by atoms with E-state index in [-0.39, 0.29) is 6.04 Å². The van der Waals surface area contributed by atoms with Gasteiger partial charge in [0.25, 0.3) is 0 Å². The number of carboxylic acids is 1. The topological polar surface area (TPSA) is 74.7 Å². The molecule has 1 N–H and O–H groups in total. The molecule has 0 heterocycles. The van der Waals surface area contributed by atoms with Crippen molar-refractivity contribution in [3.63, 3.8) is 0 Å². The molecule has 0 bridgehead atoms. The Hall–Kier alpha value is -1.37. The first-order valence-electron chi connectivity index (χ1n) is 6.06. The van der Waals surface area contributed by atoms with E-state index in [0.29, 0.717) is 23.4 Å². The molecule has 0 radical (unpaired) electrons. The fraction of sp³-hybridized carbons (Fsp3) is 0.308. The van der Waals surface area contributed by atoms with Crippen molar-refractivity contribution in [2.45, 2.75) is 18.9 Å². The van der Waals surface area contributed by atoms with E-state index >= 15 is 0 Å². The summed E-state index contributed by atoms with van der Waals surface area (Å²) < 4.78 is 25.3. The molecule has 1 saturated carbocycles. The molecule has 1 fully saturated rings. The van der Waals surface area contributed by atoms with Crippen molar-refractivity contribution in [2.75, 3.05) is 6.54 Å². The zero-order valence-electron chi connectivity index (χ0n) is 10.6. The highest BCUT2D eigenvalue weighted by Crippen LogP contribution is 2.29. The molecular weight excluding hydrogens is 302 g/mol. The van der Waals surface area contributed by atoms with Gasteiger partial charge in [-0.2, -0.15) is 4.31 Å². The molecule has 5 nitrogen and oxygen atoms in total. The third kappa shape index (κ3) is 4.06. The normalized spacial score (nSPS) is 15.9. The van der Waals surface area contributed by atoms with Crippen LogP contribution in [-0.2, 0) is 14.8 Å². The van der Waals surface area contributed by atoms with E-state index in [1.165, 1.54) is 6.08 Å². The van der Waals surface area contributed by atoms with Crippen molar-refractivity contribution in [1.29, 1.82) is 0 Å². The Bertz CT molecular complexity index is 620. The molecule has 1 aromatic rings. The predicted molar refractivity (Wildman–Crippen MR) is 76.8 cm³/mol. The minimum absolute atomic E-state index is 0.189. The molecule has 0 spiro atoms. The van der Waals surface area contributed by atoms with Gasteiger partial charge in [-0.25, -0.2) is 8.42 Å². The van der Waals surface area contributed by atoms with E-state index in [1.54, 1.807) is 24.3 Å². The van der Waals surface area contributed by atoms with Gasteiger partial charge in [0.05, 0.1) is 0 Å². The lowest BCUT2D eigenvalue weighted by atomic mass is 10.2. The number of nitrogens with zero attached hydrogens (tertiary/aromatic N) is 1. The second kappa shape index (κ2) is 5.95. The molecule has 7 heteroatoms. The zero-order chi connectivity index (χ0) is 14.8.